The Balaban J connectivity index is 0.00000363. The first kappa shape index (κ1) is 25.8. The van der Waals surface area contributed by atoms with Crippen molar-refractivity contribution in [3.8, 4) is 0 Å². The number of aliphatic carboxylic acids is 1. The van der Waals surface area contributed by atoms with E-state index in [-0.39, 0.29) is 35.1 Å². The molecule has 1 aromatic rings. The number of hydrogen-bond acceptors (Lipinski definition) is 7. The van der Waals surface area contributed by atoms with Gasteiger partial charge in [0.15, 0.2) is 15.2 Å². The van der Waals surface area contributed by atoms with E-state index in [2.05, 4.69) is 9.98 Å². The van der Waals surface area contributed by atoms with Crippen molar-refractivity contribution in [3.05, 3.63) is 59.1 Å². The van der Waals surface area contributed by atoms with Crippen LogP contribution in [0.1, 0.15) is 5.69 Å². The topological polar surface area (TPSA) is 140 Å². The van der Waals surface area contributed by atoms with Gasteiger partial charge in [-0.1, -0.05) is 18.2 Å². The third kappa shape index (κ3) is 5.46. The zero-order chi connectivity index (χ0) is 23.0. The van der Waals surface area contributed by atoms with E-state index < -0.39 is 62.7 Å². The maximum atomic E-state index is 12.7. The minimum absolute atomic E-state index is 0. The standard InChI is InChI=1S/C18H14F3N3O6S.Na/c19-18(20,21)9-23-13(25)5-4-10-8-31(29,30)16-12(7-11-3-1-2-6-22-11)15(26)24(16)14(10)17(27)28;/h1-7,16H,8-9H2,(H,23,25)(H,27,28);/q;+1/p-1/b5-4+,12-7+;/t16-;/m1./s1. The van der Waals surface area contributed by atoms with Crippen molar-refractivity contribution in [3.63, 3.8) is 0 Å². The molecule has 1 N–H and O–H groups in total. The molecular formula is C18H13F3N3NaO6S. The van der Waals surface area contributed by atoms with Crippen molar-refractivity contribution in [2.45, 2.75) is 11.6 Å². The number of carbonyl (C=O) groups excluding carboxylic acids is 1. The number of hydrogen-bond donors (Lipinski definition) is 1. The van der Waals surface area contributed by atoms with Crippen LogP contribution in [0.15, 0.2) is 58.4 Å². The molecule has 2 aliphatic heterocycles. The number of halogens is 3. The second-order valence-corrected chi connectivity index (χ2v) is 8.53. The van der Waals surface area contributed by atoms with Crippen molar-refractivity contribution in [1.29, 1.82) is 0 Å². The number of carboxylic acids is 1. The Kier molecular flexibility index (Phi) is 7.71. The minimum Gasteiger partial charge on any atom is -0.859 e. The summed E-state index contributed by atoms with van der Waals surface area (Å²) in [5.74, 6) is -4.69. The Morgan fingerprint density at radius 3 is 2.62 bits per heavy atom. The molecule has 2 aliphatic rings. The number of nitrogens with zero attached hydrogens (tertiary/aromatic N) is 3. The third-order valence-corrected chi connectivity index (χ3v) is 6.10. The first-order valence-electron chi connectivity index (χ1n) is 8.51. The Bertz CT molecular complexity index is 1160. The molecule has 0 spiro atoms. The minimum atomic E-state index is -4.71. The fourth-order valence-corrected chi connectivity index (χ4v) is 4.93. The summed E-state index contributed by atoms with van der Waals surface area (Å²) in [5, 5.41) is 19.4. The van der Waals surface area contributed by atoms with Gasteiger partial charge in [-0.15, -0.1) is 0 Å². The van der Waals surface area contributed by atoms with Gasteiger partial charge >= 0.3 is 41.7 Å². The predicted molar refractivity (Wildman–Crippen MR) is 98.8 cm³/mol. The summed E-state index contributed by atoms with van der Waals surface area (Å²) in [6, 6.07) is 4.75. The monoisotopic (exact) mass is 479 g/mol. The maximum Gasteiger partial charge on any atom is 1.00 e. The van der Waals surface area contributed by atoms with Crippen molar-refractivity contribution in [2.24, 2.45) is 4.99 Å². The van der Waals surface area contributed by atoms with E-state index in [0.29, 0.717) is 16.7 Å². The quantitative estimate of drug-likeness (QED) is 0.159. The Labute approximate surface area is 201 Å². The number of allylic oxidation sites excluding steroid dienone is 1. The third-order valence-electron chi connectivity index (χ3n) is 4.24. The van der Waals surface area contributed by atoms with Crippen molar-refractivity contribution >= 4 is 33.7 Å². The predicted octanol–water partition coefficient (Wildman–Crippen LogP) is -2.72. The van der Waals surface area contributed by atoms with E-state index in [0.717, 1.165) is 6.08 Å². The van der Waals surface area contributed by atoms with E-state index in [1.54, 1.807) is 12.1 Å². The molecule has 1 aromatic heterocycles. The van der Waals surface area contributed by atoms with Gasteiger partial charge in [-0.25, -0.2) is 13.2 Å². The molecule has 1 saturated heterocycles. The Morgan fingerprint density at radius 2 is 2.06 bits per heavy atom. The van der Waals surface area contributed by atoms with E-state index in [4.69, 9.17) is 0 Å². The summed E-state index contributed by atoms with van der Waals surface area (Å²) >= 11 is 0. The number of amides is 1. The molecule has 9 nitrogen and oxygen atoms in total. The van der Waals surface area contributed by atoms with Gasteiger partial charge in [0, 0.05) is 6.20 Å². The van der Waals surface area contributed by atoms with Crippen LogP contribution in [0, 0.1) is 0 Å². The molecule has 0 unspecified atom stereocenters. The summed E-state index contributed by atoms with van der Waals surface area (Å²) in [4.78, 5) is 31.5. The maximum absolute atomic E-state index is 12.7. The van der Waals surface area contributed by atoms with E-state index in [1.165, 1.54) is 18.3 Å². The molecule has 14 heteroatoms. The number of β-lactam (4-membered cyclic amide) rings is 1. The van der Waals surface area contributed by atoms with Crippen LogP contribution in [-0.2, 0) is 19.4 Å². The molecular weight excluding hydrogens is 466 g/mol. The zero-order valence-corrected chi connectivity index (χ0v) is 19.2. The SMILES string of the molecule is O=C(O)C1=C(/C=C/C([O-])=NCC(F)(F)F)CS(=O)(=O)[C@@H]2/C(=C/c3ccccn3)C(=O)N12.[Na+]. The number of carboxylic acid groups (broad SMARTS) is 1. The molecule has 0 bridgehead atoms. The molecule has 3 heterocycles. The molecule has 1 amide bonds. The molecule has 1 fully saturated rings. The fraction of sp³-hybridized carbons (Fsp3) is 0.222. The van der Waals surface area contributed by atoms with Crippen molar-refractivity contribution in [2.75, 3.05) is 12.3 Å². The smallest absolute Gasteiger partial charge is 0.859 e. The fourth-order valence-electron chi connectivity index (χ4n) is 3.03. The molecule has 1 atom stereocenters. The molecule has 0 saturated carbocycles. The van der Waals surface area contributed by atoms with Crippen LogP contribution in [0.3, 0.4) is 0 Å². The van der Waals surface area contributed by atoms with Crippen LogP contribution in [0.4, 0.5) is 13.2 Å². The van der Waals surface area contributed by atoms with Gasteiger partial charge in [0.1, 0.15) is 12.2 Å². The molecule has 3 rings (SSSR count). The number of fused-ring (bicyclic) bond motifs is 1. The molecule has 0 aromatic carbocycles. The summed E-state index contributed by atoms with van der Waals surface area (Å²) in [5.41, 5.74) is -0.978. The van der Waals surface area contributed by atoms with Crippen LogP contribution in [-0.4, -0.2) is 65.0 Å². The van der Waals surface area contributed by atoms with E-state index in [9.17, 15) is 41.4 Å². The first-order valence-corrected chi connectivity index (χ1v) is 10.2. The average molecular weight is 479 g/mol. The average Bonchev–Trinajstić information content (AvgIpc) is 2.68. The number of carbonyl (C=O) groups is 2. The van der Waals surface area contributed by atoms with Gasteiger partial charge in [0.25, 0.3) is 5.91 Å². The van der Waals surface area contributed by atoms with Gasteiger partial charge in [0.2, 0.25) is 0 Å². The van der Waals surface area contributed by atoms with Crippen LogP contribution in [0.25, 0.3) is 6.08 Å². The van der Waals surface area contributed by atoms with Crippen LogP contribution < -0.4 is 34.7 Å². The summed E-state index contributed by atoms with van der Waals surface area (Å²) in [7, 11) is -4.11. The number of rotatable bonds is 5. The first-order chi connectivity index (χ1) is 14.4. The molecule has 32 heavy (non-hydrogen) atoms. The molecule has 0 aliphatic carbocycles. The summed E-state index contributed by atoms with van der Waals surface area (Å²) in [6.07, 6.45) is -0.783. The molecule has 164 valence electrons. The van der Waals surface area contributed by atoms with Crippen LogP contribution >= 0.6 is 0 Å². The number of aliphatic imine (C=N–C) groups is 1. The number of sulfone groups is 1. The van der Waals surface area contributed by atoms with Crippen molar-refractivity contribution in [1.82, 2.24) is 9.88 Å². The van der Waals surface area contributed by atoms with Crippen LogP contribution in [0.5, 0.6) is 0 Å². The second-order valence-electron chi connectivity index (χ2n) is 6.47. The second kappa shape index (κ2) is 9.57. The van der Waals surface area contributed by atoms with Gasteiger partial charge in [-0.3, -0.25) is 19.7 Å². The molecule has 0 radical (unpaired) electrons. The summed E-state index contributed by atoms with van der Waals surface area (Å²) < 4.78 is 61.8. The van der Waals surface area contributed by atoms with E-state index in [1.807, 2.05) is 0 Å². The van der Waals surface area contributed by atoms with Gasteiger partial charge < -0.3 is 10.2 Å². The Hall–Kier alpha value is -2.48. The van der Waals surface area contributed by atoms with Gasteiger partial charge in [-0.2, -0.15) is 13.2 Å². The largest absolute Gasteiger partial charge is 1.00 e. The van der Waals surface area contributed by atoms with Gasteiger partial charge in [-0.05, 0) is 29.7 Å². The summed E-state index contributed by atoms with van der Waals surface area (Å²) in [6.45, 7) is -1.74. The normalized spacial score (nSPS) is 21.9. The number of alkyl halides is 3. The van der Waals surface area contributed by atoms with Crippen molar-refractivity contribution < 1.29 is 70.9 Å². The number of pyridine rings is 1. The van der Waals surface area contributed by atoms with E-state index >= 15 is 0 Å². The van der Waals surface area contributed by atoms with Crippen LogP contribution in [0.2, 0.25) is 0 Å². The zero-order valence-electron chi connectivity index (χ0n) is 16.4. The Morgan fingerprint density at radius 1 is 1.38 bits per heavy atom. The van der Waals surface area contributed by atoms with Gasteiger partial charge in [0.05, 0.1) is 17.0 Å². The number of aromatic nitrogens is 1.